The number of nitrogens with one attached hydrogen (secondary N) is 1. The molecule has 1 unspecified atom stereocenters. The van der Waals surface area contributed by atoms with E-state index >= 15 is 0 Å². The molecule has 0 saturated carbocycles. The van der Waals surface area contributed by atoms with E-state index < -0.39 is 0 Å². The van der Waals surface area contributed by atoms with Gasteiger partial charge in [0, 0.05) is 43.9 Å². The van der Waals surface area contributed by atoms with Gasteiger partial charge in [-0.3, -0.25) is 4.79 Å². The van der Waals surface area contributed by atoms with Gasteiger partial charge in [-0.15, -0.1) is 0 Å². The number of allylic oxidation sites excluding steroid dienone is 2. The number of anilines is 2. The minimum Gasteiger partial charge on any atom is -0.497 e. The first-order chi connectivity index (χ1) is 22.1. The van der Waals surface area contributed by atoms with Crippen molar-refractivity contribution < 1.29 is 24.0 Å². The third-order valence-corrected chi connectivity index (χ3v) is 7.64. The highest BCUT2D eigenvalue weighted by atomic mass is 16.8. The molecule has 0 fully saturated rings. The first-order valence-electron chi connectivity index (χ1n) is 15.8. The first-order valence-corrected chi connectivity index (χ1v) is 15.8. The highest BCUT2D eigenvalue weighted by Crippen LogP contribution is 2.30. The summed E-state index contributed by atoms with van der Waals surface area (Å²) in [6.07, 6.45) is 13.3. The van der Waals surface area contributed by atoms with Crippen LogP contribution in [0.15, 0.2) is 54.6 Å². The van der Waals surface area contributed by atoms with Crippen LogP contribution in [0, 0.1) is 10.8 Å². The summed E-state index contributed by atoms with van der Waals surface area (Å²) in [5.41, 5.74) is 0.560. The minimum absolute atomic E-state index is 0.125. The van der Waals surface area contributed by atoms with E-state index in [2.05, 4.69) is 60.1 Å². The summed E-state index contributed by atoms with van der Waals surface area (Å²) in [6.45, 7) is 8.52. The lowest BCUT2D eigenvalue weighted by atomic mass is 10.0. The molecule has 0 saturated heterocycles. The number of Topliss-reactive ketones (excluding diaryl/α,β-unsaturated/α-hetero) is 1. The molecule has 1 aliphatic rings. The predicted octanol–water partition coefficient (Wildman–Crippen LogP) is 6.74. The number of carbonyl (C=O) groups excluding carboxylic acids is 1. The van der Waals surface area contributed by atoms with Gasteiger partial charge < -0.3 is 19.7 Å². The Bertz CT molecular complexity index is 1620. The van der Waals surface area contributed by atoms with Crippen LogP contribution >= 0.6 is 0 Å². The molecule has 1 aromatic heterocycles. The molecular weight excluding hydrogens is 582 g/mol. The Labute approximate surface area is 272 Å². The van der Waals surface area contributed by atoms with E-state index in [1.807, 2.05) is 14.1 Å². The van der Waals surface area contributed by atoms with Gasteiger partial charge in [0.1, 0.15) is 23.1 Å². The first kappa shape index (κ1) is 35.7. The maximum absolute atomic E-state index is 12.1. The molecule has 1 aliphatic carbocycles. The summed E-state index contributed by atoms with van der Waals surface area (Å²) in [7, 11) is 6.91. The number of rotatable bonds is 14. The number of hydrogen-bond acceptors (Lipinski definition) is 9. The Kier molecular flexibility index (Phi) is 13.7. The second-order valence-electron chi connectivity index (χ2n) is 11.4. The lowest BCUT2D eigenvalue weighted by Crippen LogP contribution is -2.36. The van der Waals surface area contributed by atoms with Crippen LogP contribution < -0.4 is 30.3 Å². The van der Waals surface area contributed by atoms with Gasteiger partial charge in [-0.2, -0.15) is 4.98 Å². The van der Waals surface area contributed by atoms with Crippen molar-refractivity contribution in [2.24, 2.45) is 5.92 Å². The maximum atomic E-state index is 12.1. The summed E-state index contributed by atoms with van der Waals surface area (Å²) >= 11 is 0. The van der Waals surface area contributed by atoms with Crippen molar-refractivity contribution in [1.82, 2.24) is 9.97 Å². The number of methoxy groups -OCH3 is 1. The molecule has 10 heteroatoms. The van der Waals surface area contributed by atoms with E-state index in [1.54, 1.807) is 44.4 Å². The summed E-state index contributed by atoms with van der Waals surface area (Å²) in [5, 5.41) is 5.60. The number of ketones is 1. The zero-order chi connectivity index (χ0) is 33.6. The van der Waals surface area contributed by atoms with Crippen LogP contribution in [0.5, 0.6) is 17.2 Å². The largest absolute Gasteiger partial charge is 0.497 e. The maximum Gasteiger partial charge on any atom is 0.317 e. The van der Waals surface area contributed by atoms with Gasteiger partial charge in [-0.25, -0.2) is 9.82 Å². The van der Waals surface area contributed by atoms with Crippen LogP contribution in [-0.4, -0.2) is 55.0 Å². The Morgan fingerprint density at radius 2 is 1.74 bits per heavy atom. The van der Waals surface area contributed by atoms with Crippen LogP contribution in [0.2, 0.25) is 0 Å². The van der Waals surface area contributed by atoms with Gasteiger partial charge in [0.25, 0.3) is 4.92 Å². The van der Waals surface area contributed by atoms with Crippen molar-refractivity contribution in [3.63, 3.8) is 0 Å². The Morgan fingerprint density at radius 3 is 2.37 bits per heavy atom. The quantitative estimate of drug-likeness (QED) is 0.153. The standard InChI is InChI=1S/C19H30N4.C17H18NO5/c1-6-14(2)12-13-15(3)20-19-21-17-11-9-7-8-10-16(17)18(22-19)23(4)5;1-4-16(19)15-11-12(18(20)22-3)5-10-17(15)23-14-8-6-13(21-2)7-9-14/h7,9-11,14-15H,6,8,12-13H2,1-5H3,(H,20,21);5-11H,4H2,1-3H3/q;+1/t14-,15?;/m0./s1. The Morgan fingerprint density at radius 1 is 1.02 bits per heavy atom. The van der Waals surface area contributed by atoms with Crippen LogP contribution in [-0.2, 0) is 4.84 Å². The monoisotopic (exact) mass is 630 g/mol. The molecule has 46 heavy (non-hydrogen) atoms. The molecule has 246 valence electrons. The lowest BCUT2D eigenvalue weighted by Gasteiger charge is -2.18. The van der Waals surface area contributed by atoms with E-state index in [1.165, 1.54) is 32.1 Å². The van der Waals surface area contributed by atoms with Crippen molar-refractivity contribution >= 4 is 35.4 Å². The zero-order valence-electron chi connectivity index (χ0n) is 28.4. The number of benzene rings is 2. The van der Waals surface area contributed by atoms with Gasteiger partial charge >= 0.3 is 5.69 Å². The number of ether oxygens (including phenoxy) is 2. The molecule has 0 aliphatic heterocycles. The van der Waals surface area contributed by atoms with Gasteiger partial charge in [0.2, 0.25) is 5.95 Å². The molecule has 1 N–H and O–H groups in total. The SMILES string of the molecule is CCC(=O)c1cc([N+](=O)OC)ccc1Oc1ccc(OC)cc1.CC[C@H](C)CCC(C)Nc1nc(N(C)C)c2c(n1)=CC=CCC=2. The molecule has 0 radical (unpaired) electrons. The fourth-order valence-corrected chi connectivity index (χ4v) is 4.66. The van der Waals surface area contributed by atoms with E-state index in [9.17, 15) is 9.70 Å². The summed E-state index contributed by atoms with van der Waals surface area (Å²) in [6, 6.07) is 11.9. The molecular formula is C36H48N5O5+. The Hall–Kier alpha value is -4.73. The van der Waals surface area contributed by atoms with Crippen molar-refractivity contribution in [3.8, 4) is 17.2 Å². The van der Waals surface area contributed by atoms with Crippen LogP contribution in [0.4, 0.5) is 17.5 Å². The lowest BCUT2D eigenvalue weighted by molar-refractivity contribution is -0.736. The smallest absolute Gasteiger partial charge is 0.317 e. The van der Waals surface area contributed by atoms with E-state index in [0.717, 1.165) is 41.1 Å². The molecule has 2 aromatic carbocycles. The fourth-order valence-electron chi connectivity index (χ4n) is 4.66. The van der Waals surface area contributed by atoms with Crippen molar-refractivity contribution in [1.29, 1.82) is 0 Å². The van der Waals surface area contributed by atoms with Gasteiger partial charge in [-0.1, -0.05) is 45.4 Å². The van der Waals surface area contributed by atoms with Crippen molar-refractivity contribution in [3.05, 3.63) is 75.7 Å². The second-order valence-corrected chi connectivity index (χ2v) is 11.4. The minimum atomic E-state index is -0.125. The van der Waals surface area contributed by atoms with Crippen LogP contribution in [0.3, 0.4) is 0 Å². The molecule has 0 spiro atoms. The van der Waals surface area contributed by atoms with Gasteiger partial charge in [-0.05, 0) is 68.5 Å². The van der Waals surface area contributed by atoms with Crippen molar-refractivity contribution in [2.45, 2.75) is 65.8 Å². The number of carbonyl (C=O) groups is 1. The Balaban J connectivity index is 0.000000250. The molecule has 1 heterocycles. The van der Waals surface area contributed by atoms with E-state index in [4.69, 9.17) is 19.4 Å². The molecule has 0 amide bonds. The highest BCUT2D eigenvalue weighted by molar-refractivity contribution is 5.99. The number of fused-ring (bicyclic) bond motifs is 1. The molecule has 4 rings (SSSR count). The fraction of sp³-hybridized carbons (Fsp3) is 0.417. The highest BCUT2D eigenvalue weighted by Gasteiger charge is 2.21. The average molecular weight is 631 g/mol. The van der Waals surface area contributed by atoms with E-state index in [0.29, 0.717) is 40.2 Å². The third kappa shape index (κ3) is 10.2. The molecule has 3 aromatic rings. The van der Waals surface area contributed by atoms with Crippen LogP contribution in [0.25, 0.3) is 12.2 Å². The van der Waals surface area contributed by atoms with Crippen LogP contribution in [0.1, 0.15) is 70.2 Å². The van der Waals surface area contributed by atoms with Gasteiger partial charge in [0.15, 0.2) is 12.9 Å². The normalized spacial score (nSPS) is 12.9. The molecule has 2 atom stereocenters. The van der Waals surface area contributed by atoms with E-state index in [-0.39, 0.29) is 11.5 Å². The second kappa shape index (κ2) is 17.7. The summed E-state index contributed by atoms with van der Waals surface area (Å²) in [4.78, 5) is 40.1. The zero-order valence-corrected chi connectivity index (χ0v) is 28.4. The topological polar surface area (TPSA) is 106 Å². The summed E-state index contributed by atoms with van der Waals surface area (Å²) < 4.78 is 10.9. The predicted molar refractivity (Wildman–Crippen MR) is 184 cm³/mol. The van der Waals surface area contributed by atoms with Gasteiger partial charge in [0.05, 0.1) is 22.9 Å². The number of hydrogen-bond donors (Lipinski definition) is 1. The summed E-state index contributed by atoms with van der Waals surface area (Å²) in [5.74, 6) is 4.01. The number of aromatic nitrogens is 2. The molecule has 0 bridgehead atoms. The molecule has 10 nitrogen and oxygen atoms in total. The number of nitrogens with zero attached hydrogens (tertiary/aromatic N) is 4. The third-order valence-electron chi connectivity index (χ3n) is 7.64. The van der Waals surface area contributed by atoms with Crippen molar-refractivity contribution in [2.75, 3.05) is 38.5 Å². The average Bonchev–Trinajstić information content (AvgIpc) is 3.32.